The van der Waals surface area contributed by atoms with E-state index in [2.05, 4.69) is 11.8 Å². The molecule has 0 saturated carbocycles. The van der Waals surface area contributed by atoms with E-state index in [9.17, 15) is 4.79 Å². The van der Waals surface area contributed by atoms with Crippen molar-refractivity contribution in [3.8, 4) is 11.8 Å². The SMILES string of the molecule is O=C(O)c1csc(C#CCCCl)c1. The maximum Gasteiger partial charge on any atom is 0.336 e. The van der Waals surface area contributed by atoms with Crippen LogP contribution in [0.4, 0.5) is 0 Å². The standard InChI is InChI=1S/C9H7ClO2S/c10-4-2-1-3-8-5-7(6-13-8)9(11)12/h5-6H,2,4H2,(H,11,12). The van der Waals surface area contributed by atoms with Crippen LogP contribution in [0.1, 0.15) is 21.7 Å². The van der Waals surface area contributed by atoms with Crippen molar-refractivity contribution in [3.05, 3.63) is 21.9 Å². The molecular weight excluding hydrogens is 208 g/mol. The van der Waals surface area contributed by atoms with Gasteiger partial charge >= 0.3 is 5.97 Å². The summed E-state index contributed by atoms with van der Waals surface area (Å²) >= 11 is 6.76. The maximum absolute atomic E-state index is 10.5. The molecule has 1 aromatic rings. The van der Waals surface area contributed by atoms with Crippen LogP contribution in [0.15, 0.2) is 11.4 Å². The summed E-state index contributed by atoms with van der Waals surface area (Å²) in [4.78, 5) is 11.2. The van der Waals surface area contributed by atoms with Crippen LogP contribution in [-0.2, 0) is 0 Å². The number of halogens is 1. The van der Waals surface area contributed by atoms with Crippen molar-refractivity contribution in [1.29, 1.82) is 0 Å². The van der Waals surface area contributed by atoms with E-state index in [1.807, 2.05) is 0 Å². The fourth-order valence-corrected chi connectivity index (χ4v) is 1.55. The van der Waals surface area contributed by atoms with E-state index < -0.39 is 5.97 Å². The normalized spacial score (nSPS) is 9.00. The van der Waals surface area contributed by atoms with Crippen molar-refractivity contribution in [2.45, 2.75) is 6.42 Å². The van der Waals surface area contributed by atoms with Gasteiger partial charge in [0.15, 0.2) is 0 Å². The third-order valence-electron chi connectivity index (χ3n) is 1.28. The van der Waals surface area contributed by atoms with Crippen molar-refractivity contribution in [1.82, 2.24) is 0 Å². The van der Waals surface area contributed by atoms with Gasteiger partial charge in [-0.05, 0) is 6.07 Å². The van der Waals surface area contributed by atoms with Crippen LogP contribution in [0.3, 0.4) is 0 Å². The van der Waals surface area contributed by atoms with Gasteiger partial charge in [-0.25, -0.2) is 4.79 Å². The summed E-state index contributed by atoms with van der Waals surface area (Å²) in [6, 6.07) is 1.56. The molecular formula is C9H7ClO2S. The van der Waals surface area contributed by atoms with E-state index in [-0.39, 0.29) is 0 Å². The molecule has 0 amide bonds. The first-order valence-electron chi connectivity index (χ1n) is 3.60. The molecule has 4 heteroatoms. The highest BCUT2D eigenvalue weighted by Gasteiger charge is 2.03. The Morgan fingerprint density at radius 3 is 3.00 bits per heavy atom. The van der Waals surface area contributed by atoms with Gasteiger partial charge in [0.2, 0.25) is 0 Å². The van der Waals surface area contributed by atoms with Crippen molar-refractivity contribution in [3.63, 3.8) is 0 Å². The van der Waals surface area contributed by atoms with Gasteiger partial charge in [0.05, 0.1) is 10.4 Å². The Balaban J connectivity index is 2.71. The van der Waals surface area contributed by atoms with Gasteiger partial charge in [0.25, 0.3) is 0 Å². The van der Waals surface area contributed by atoms with Gasteiger partial charge in [-0.2, -0.15) is 0 Å². The minimum Gasteiger partial charge on any atom is -0.478 e. The zero-order chi connectivity index (χ0) is 9.68. The molecule has 1 rings (SSSR count). The molecule has 0 bridgehead atoms. The summed E-state index contributed by atoms with van der Waals surface area (Å²) in [5.74, 6) is 5.27. The van der Waals surface area contributed by atoms with E-state index in [1.165, 1.54) is 11.3 Å². The number of hydrogen-bond acceptors (Lipinski definition) is 2. The number of alkyl halides is 1. The van der Waals surface area contributed by atoms with Crippen LogP contribution >= 0.6 is 22.9 Å². The fraction of sp³-hybridized carbons (Fsp3) is 0.222. The average Bonchev–Trinajstić information content (AvgIpc) is 2.53. The number of hydrogen-bond donors (Lipinski definition) is 1. The molecule has 0 aromatic carbocycles. The summed E-state index contributed by atoms with van der Waals surface area (Å²) in [6.07, 6.45) is 0.627. The van der Waals surface area contributed by atoms with E-state index in [1.54, 1.807) is 11.4 Å². The van der Waals surface area contributed by atoms with Gasteiger partial charge in [0.1, 0.15) is 0 Å². The molecule has 0 spiro atoms. The topological polar surface area (TPSA) is 37.3 Å². The quantitative estimate of drug-likeness (QED) is 0.607. The lowest BCUT2D eigenvalue weighted by molar-refractivity contribution is 0.0697. The smallest absolute Gasteiger partial charge is 0.336 e. The van der Waals surface area contributed by atoms with E-state index in [4.69, 9.17) is 16.7 Å². The Kier molecular flexibility index (Phi) is 3.81. The highest BCUT2D eigenvalue weighted by Crippen LogP contribution is 2.13. The number of rotatable bonds is 2. The molecule has 0 aliphatic heterocycles. The predicted molar refractivity (Wildman–Crippen MR) is 53.5 cm³/mol. The summed E-state index contributed by atoms with van der Waals surface area (Å²) < 4.78 is 0. The number of carboxylic acids is 1. The molecule has 13 heavy (non-hydrogen) atoms. The number of carboxylic acid groups (broad SMARTS) is 1. The van der Waals surface area contributed by atoms with Gasteiger partial charge in [0, 0.05) is 17.7 Å². The lowest BCUT2D eigenvalue weighted by Gasteiger charge is -1.80. The number of aromatic carboxylic acids is 1. The zero-order valence-corrected chi connectivity index (χ0v) is 8.28. The Morgan fingerprint density at radius 2 is 2.46 bits per heavy atom. The fourth-order valence-electron chi connectivity index (χ4n) is 0.711. The molecule has 0 saturated heterocycles. The first-order valence-corrected chi connectivity index (χ1v) is 5.02. The monoisotopic (exact) mass is 214 g/mol. The maximum atomic E-state index is 10.5. The molecule has 0 unspecified atom stereocenters. The molecule has 0 atom stereocenters. The second-order valence-corrected chi connectivity index (χ2v) is 3.53. The van der Waals surface area contributed by atoms with Gasteiger partial charge < -0.3 is 5.11 Å². The molecule has 0 aliphatic carbocycles. The first-order chi connectivity index (χ1) is 6.24. The van der Waals surface area contributed by atoms with Crippen LogP contribution in [0, 0.1) is 11.8 Å². The van der Waals surface area contributed by atoms with E-state index in [0.717, 1.165) is 4.88 Å². The third-order valence-corrected chi connectivity index (χ3v) is 2.31. The summed E-state index contributed by atoms with van der Waals surface area (Å²) in [5, 5.41) is 10.2. The Bertz CT molecular complexity index is 359. The number of thiophene rings is 1. The molecule has 0 aliphatic rings. The third kappa shape index (κ3) is 3.10. The molecule has 0 fully saturated rings. The minimum atomic E-state index is -0.915. The van der Waals surface area contributed by atoms with Gasteiger partial charge in [-0.15, -0.1) is 22.9 Å². The highest BCUT2D eigenvalue weighted by molar-refractivity contribution is 7.10. The first kappa shape index (κ1) is 10.1. The van der Waals surface area contributed by atoms with Gasteiger partial charge in [-0.1, -0.05) is 11.8 Å². The highest BCUT2D eigenvalue weighted by atomic mass is 35.5. The van der Waals surface area contributed by atoms with Crippen LogP contribution < -0.4 is 0 Å². The molecule has 68 valence electrons. The Morgan fingerprint density at radius 1 is 1.69 bits per heavy atom. The predicted octanol–water partition coefficient (Wildman–Crippen LogP) is 2.43. The number of carbonyl (C=O) groups is 1. The zero-order valence-electron chi connectivity index (χ0n) is 6.71. The van der Waals surface area contributed by atoms with Crippen LogP contribution in [-0.4, -0.2) is 17.0 Å². The van der Waals surface area contributed by atoms with E-state index >= 15 is 0 Å². The van der Waals surface area contributed by atoms with Crippen molar-refractivity contribution in [2.24, 2.45) is 0 Å². The molecule has 1 N–H and O–H groups in total. The molecule has 0 radical (unpaired) electrons. The summed E-state index contributed by atoms with van der Waals surface area (Å²) in [6.45, 7) is 0. The summed E-state index contributed by atoms with van der Waals surface area (Å²) in [7, 11) is 0. The lowest BCUT2D eigenvalue weighted by atomic mass is 10.3. The lowest BCUT2D eigenvalue weighted by Crippen LogP contribution is -1.91. The van der Waals surface area contributed by atoms with Crippen molar-refractivity contribution >= 4 is 28.9 Å². The Hall–Kier alpha value is -0.980. The molecule has 2 nitrogen and oxygen atoms in total. The molecule has 1 heterocycles. The van der Waals surface area contributed by atoms with Crippen molar-refractivity contribution in [2.75, 3.05) is 5.88 Å². The van der Waals surface area contributed by atoms with Crippen LogP contribution in [0.25, 0.3) is 0 Å². The van der Waals surface area contributed by atoms with Crippen molar-refractivity contribution < 1.29 is 9.90 Å². The van der Waals surface area contributed by atoms with Crippen LogP contribution in [0.2, 0.25) is 0 Å². The van der Waals surface area contributed by atoms with Crippen LogP contribution in [0.5, 0.6) is 0 Å². The van der Waals surface area contributed by atoms with Gasteiger partial charge in [-0.3, -0.25) is 0 Å². The molecule has 1 aromatic heterocycles. The second kappa shape index (κ2) is 4.90. The average molecular weight is 215 g/mol. The second-order valence-electron chi connectivity index (χ2n) is 2.25. The van der Waals surface area contributed by atoms with E-state index in [0.29, 0.717) is 17.9 Å². The summed E-state index contributed by atoms with van der Waals surface area (Å²) in [5.41, 5.74) is 0.292. The minimum absolute atomic E-state index is 0.292. The largest absolute Gasteiger partial charge is 0.478 e. The Labute approximate surface area is 85.2 Å².